The molecule has 10 heteroatoms. The van der Waals surface area contributed by atoms with E-state index in [0.717, 1.165) is 16.8 Å². The van der Waals surface area contributed by atoms with Gasteiger partial charge in [-0.3, -0.25) is 4.79 Å². The molecular formula is C24H28N6O3S. The second-order valence-electron chi connectivity index (χ2n) is 8.65. The molecule has 0 saturated heterocycles. The number of anilines is 3. The van der Waals surface area contributed by atoms with Gasteiger partial charge in [0, 0.05) is 42.6 Å². The summed E-state index contributed by atoms with van der Waals surface area (Å²) in [6.45, 7) is 2.42. The minimum atomic E-state index is -3.63. The van der Waals surface area contributed by atoms with E-state index < -0.39 is 10.0 Å². The van der Waals surface area contributed by atoms with E-state index in [4.69, 9.17) is 0 Å². The molecule has 0 radical (unpaired) electrons. The maximum absolute atomic E-state index is 12.7. The summed E-state index contributed by atoms with van der Waals surface area (Å²) < 4.78 is 28.0. The Hall–Kier alpha value is -3.34. The van der Waals surface area contributed by atoms with Crippen molar-refractivity contribution < 1.29 is 13.2 Å². The molecule has 34 heavy (non-hydrogen) atoms. The Morgan fingerprint density at radius 1 is 1.12 bits per heavy atom. The van der Waals surface area contributed by atoms with Crippen LogP contribution in [-0.4, -0.2) is 62.9 Å². The summed E-state index contributed by atoms with van der Waals surface area (Å²) in [7, 11) is 1.91. The van der Waals surface area contributed by atoms with E-state index >= 15 is 0 Å². The Kier molecular flexibility index (Phi) is 6.65. The highest BCUT2D eigenvalue weighted by Crippen LogP contribution is 2.35. The zero-order chi connectivity index (χ0) is 24.5. The number of fused-ring (bicyclic) bond motifs is 3. The number of hydrogen-bond acceptors (Lipinski definition) is 7. The number of carbonyl (C=O) groups excluding carboxylic acids is 1. The van der Waals surface area contributed by atoms with Crippen LogP contribution in [0.15, 0.2) is 59.6 Å². The highest BCUT2D eigenvalue weighted by atomic mass is 32.2. The molecule has 1 atom stereocenters. The van der Waals surface area contributed by atoms with Crippen molar-refractivity contribution in [2.45, 2.75) is 24.3 Å². The van der Waals surface area contributed by atoms with Crippen molar-refractivity contribution in [1.82, 2.24) is 19.6 Å². The van der Waals surface area contributed by atoms with Crippen molar-refractivity contribution in [3.8, 4) is 11.3 Å². The van der Waals surface area contributed by atoms with E-state index in [1.54, 1.807) is 42.4 Å². The lowest BCUT2D eigenvalue weighted by Crippen LogP contribution is -2.39. The minimum absolute atomic E-state index is 0.0270. The van der Waals surface area contributed by atoms with Gasteiger partial charge in [-0.05, 0) is 51.4 Å². The number of amides is 1. The molecule has 3 aromatic rings. The third-order valence-electron chi connectivity index (χ3n) is 5.52. The van der Waals surface area contributed by atoms with Gasteiger partial charge in [-0.1, -0.05) is 18.2 Å². The van der Waals surface area contributed by atoms with E-state index in [2.05, 4.69) is 20.0 Å². The highest BCUT2D eigenvalue weighted by molar-refractivity contribution is 7.89. The van der Waals surface area contributed by atoms with Crippen molar-refractivity contribution in [3.05, 3.63) is 60.3 Å². The van der Waals surface area contributed by atoms with Gasteiger partial charge >= 0.3 is 0 Å². The summed E-state index contributed by atoms with van der Waals surface area (Å²) >= 11 is 0. The summed E-state index contributed by atoms with van der Waals surface area (Å²) in [5, 5.41) is 3.13. The summed E-state index contributed by atoms with van der Waals surface area (Å²) in [6.07, 6.45) is 1.87. The van der Waals surface area contributed by atoms with Crippen LogP contribution < -0.4 is 14.9 Å². The van der Waals surface area contributed by atoms with Crippen LogP contribution in [0.4, 0.5) is 17.3 Å². The molecular weight excluding hydrogens is 452 g/mol. The molecule has 2 aromatic carbocycles. The second kappa shape index (κ2) is 9.49. The fourth-order valence-corrected chi connectivity index (χ4v) is 5.21. The monoisotopic (exact) mass is 480 g/mol. The Bertz CT molecular complexity index is 1310. The van der Waals surface area contributed by atoms with Crippen LogP contribution in [0, 0.1) is 0 Å². The maximum atomic E-state index is 12.7. The summed E-state index contributed by atoms with van der Waals surface area (Å²) in [4.78, 5) is 25.3. The van der Waals surface area contributed by atoms with Gasteiger partial charge in [0.05, 0.1) is 22.7 Å². The van der Waals surface area contributed by atoms with E-state index in [0.29, 0.717) is 23.9 Å². The third kappa shape index (κ3) is 5.09. The Balaban J connectivity index is 1.56. The lowest BCUT2D eigenvalue weighted by atomic mass is 10.1. The van der Waals surface area contributed by atoms with E-state index in [1.165, 1.54) is 0 Å². The Morgan fingerprint density at radius 2 is 1.82 bits per heavy atom. The summed E-state index contributed by atoms with van der Waals surface area (Å²) in [5.41, 5.74) is 3.75. The molecule has 178 valence electrons. The van der Waals surface area contributed by atoms with Crippen molar-refractivity contribution >= 4 is 33.3 Å². The van der Waals surface area contributed by atoms with Gasteiger partial charge in [0.15, 0.2) is 0 Å². The Morgan fingerprint density at radius 3 is 2.53 bits per heavy atom. The van der Waals surface area contributed by atoms with Crippen molar-refractivity contribution in [3.63, 3.8) is 0 Å². The summed E-state index contributed by atoms with van der Waals surface area (Å²) in [5.74, 6) is 0.333. The van der Waals surface area contributed by atoms with Crippen LogP contribution in [0.1, 0.15) is 12.5 Å². The van der Waals surface area contributed by atoms with Gasteiger partial charge in [0.2, 0.25) is 21.9 Å². The first-order valence-electron chi connectivity index (χ1n) is 10.9. The molecule has 1 amide bonds. The van der Waals surface area contributed by atoms with Gasteiger partial charge < -0.3 is 15.1 Å². The molecule has 1 unspecified atom stereocenters. The predicted octanol–water partition coefficient (Wildman–Crippen LogP) is 2.63. The van der Waals surface area contributed by atoms with Crippen LogP contribution in [0.3, 0.4) is 0 Å². The number of likely N-dealkylation sites (N-methyl/N-ethyl adjacent to an activating group) is 2. The fourth-order valence-electron chi connectivity index (χ4n) is 3.98. The quantitative estimate of drug-likeness (QED) is 0.535. The van der Waals surface area contributed by atoms with Gasteiger partial charge in [-0.2, -0.15) is 0 Å². The fraction of sp³-hybridized carbons (Fsp3) is 0.292. The number of para-hydroxylation sites is 1. The number of nitrogens with zero attached hydrogens (tertiary/aromatic N) is 4. The molecule has 0 spiro atoms. The first-order valence-corrected chi connectivity index (χ1v) is 12.4. The average Bonchev–Trinajstić information content (AvgIpc) is 2.88. The molecule has 4 rings (SSSR count). The molecule has 0 saturated carbocycles. The van der Waals surface area contributed by atoms with Crippen molar-refractivity contribution in [2.75, 3.05) is 37.9 Å². The van der Waals surface area contributed by atoms with Gasteiger partial charge in [-0.15, -0.1) is 0 Å². The number of nitrogens with one attached hydrogen (secondary N) is 2. The molecule has 0 bridgehead atoms. The predicted molar refractivity (Wildman–Crippen MR) is 133 cm³/mol. The first kappa shape index (κ1) is 23.8. The number of benzene rings is 2. The second-order valence-corrected chi connectivity index (χ2v) is 10.4. The topological polar surface area (TPSA) is 108 Å². The molecule has 1 aromatic heterocycles. The zero-order valence-corrected chi connectivity index (χ0v) is 20.4. The summed E-state index contributed by atoms with van der Waals surface area (Å²) in [6, 6.07) is 13.8. The van der Waals surface area contributed by atoms with E-state index in [1.807, 2.05) is 50.2 Å². The number of rotatable bonds is 7. The van der Waals surface area contributed by atoms with Gasteiger partial charge in [0.1, 0.15) is 0 Å². The molecule has 1 aliphatic heterocycles. The lowest BCUT2D eigenvalue weighted by molar-refractivity contribution is -0.117. The van der Waals surface area contributed by atoms with Crippen molar-refractivity contribution in [1.29, 1.82) is 0 Å². The standard InChI is InChI=1S/C24H28N6O3S/c1-16(15-29(2)3)28-34(32,33)19-11-9-18(10-12-19)26-24-25-14-17-13-22(31)30(4)21-8-6-5-7-20(21)23(17)27-24/h5-12,14,16,28H,13,15H2,1-4H3,(H,25,26,27). The lowest BCUT2D eigenvalue weighted by Gasteiger charge is -2.18. The maximum Gasteiger partial charge on any atom is 0.240 e. The van der Waals surface area contributed by atoms with E-state index in [-0.39, 0.29) is 23.3 Å². The number of aromatic nitrogens is 2. The van der Waals surface area contributed by atoms with Crippen LogP contribution in [0.2, 0.25) is 0 Å². The number of hydrogen-bond donors (Lipinski definition) is 2. The van der Waals surface area contributed by atoms with Crippen LogP contribution in [0.5, 0.6) is 0 Å². The zero-order valence-electron chi connectivity index (χ0n) is 19.6. The molecule has 1 aliphatic rings. The number of sulfonamides is 1. The van der Waals surface area contributed by atoms with E-state index in [9.17, 15) is 13.2 Å². The smallest absolute Gasteiger partial charge is 0.240 e. The van der Waals surface area contributed by atoms with Gasteiger partial charge in [-0.25, -0.2) is 23.1 Å². The molecule has 2 heterocycles. The van der Waals surface area contributed by atoms with Crippen molar-refractivity contribution in [2.24, 2.45) is 0 Å². The van der Waals surface area contributed by atoms with Crippen LogP contribution in [-0.2, 0) is 21.2 Å². The molecule has 0 fully saturated rings. The normalized spacial score (nSPS) is 14.4. The minimum Gasteiger partial charge on any atom is -0.324 e. The molecule has 9 nitrogen and oxygen atoms in total. The SMILES string of the molecule is CC(CN(C)C)NS(=O)(=O)c1ccc(Nc2ncc3c(n2)-c2ccccc2N(C)C(=O)C3)cc1. The molecule has 0 aliphatic carbocycles. The molecule has 2 N–H and O–H groups in total. The largest absolute Gasteiger partial charge is 0.324 e. The third-order valence-corrected chi connectivity index (χ3v) is 7.12. The number of carbonyl (C=O) groups is 1. The van der Waals surface area contributed by atoms with Crippen LogP contribution >= 0.6 is 0 Å². The van der Waals surface area contributed by atoms with Gasteiger partial charge in [0.25, 0.3) is 0 Å². The highest BCUT2D eigenvalue weighted by Gasteiger charge is 2.25. The average molecular weight is 481 g/mol. The first-order chi connectivity index (χ1) is 16.1. The Labute approximate surface area is 199 Å². The van der Waals surface area contributed by atoms with Crippen LogP contribution in [0.25, 0.3) is 11.3 Å².